The molecule has 114 valence electrons. The van der Waals surface area contributed by atoms with Gasteiger partial charge in [0, 0.05) is 32.8 Å². The molecule has 0 spiro atoms. The average Bonchev–Trinajstić information content (AvgIpc) is 2.43. The molecular weight excluding hydrogens is 301 g/mol. The van der Waals surface area contributed by atoms with Crippen LogP contribution in [0.1, 0.15) is 42.5 Å². The van der Waals surface area contributed by atoms with Crippen LogP contribution in [0.2, 0.25) is 0 Å². The molecule has 1 aromatic carbocycles. The summed E-state index contributed by atoms with van der Waals surface area (Å²) in [6.07, 6.45) is 3.66. The number of ketones is 1. The predicted octanol–water partition coefficient (Wildman–Crippen LogP) is 3.37. The van der Waals surface area contributed by atoms with Crippen LogP contribution in [0.5, 0.6) is 0 Å². The zero-order chi connectivity index (χ0) is 15.1. The summed E-state index contributed by atoms with van der Waals surface area (Å²) in [6, 6.07) is 1.50. The van der Waals surface area contributed by atoms with E-state index in [0.29, 0.717) is 12.8 Å². The quantitative estimate of drug-likeness (QED) is 0.619. The first kappa shape index (κ1) is 14.8. The van der Waals surface area contributed by atoms with Crippen molar-refractivity contribution >= 4 is 16.6 Å². The van der Waals surface area contributed by atoms with Gasteiger partial charge in [-0.2, -0.15) is 0 Å². The molecule has 2 aliphatic rings. The summed E-state index contributed by atoms with van der Waals surface area (Å²) in [5.74, 6) is -5.01. The van der Waals surface area contributed by atoms with E-state index in [0.717, 1.165) is 31.4 Å². The minimum atomic E-state index is -1.56. The highest BCUT2D eigenvalue weighted by atomic mass is 32.2. The number of Topliss-reactive ketones (excluding diaryl/α,β-unsaturated/α-hetero) is 1. The first-order chi connectivity index (χ1) is 9.97. The fourth-order valence-corrected chi connectivity index (χ4v) is 5.57. The van der Waals surface area contributed by atoms with Crippen LogP contribution in [-0.2, 0) is 10.8 Å². The van der Waals surface area contributed by atoms with Gasteiger partial charge < -0.3 is 0 Å². The molecule has 2 heterocycles. The van der Waals surface area contributed by atoms with Crippen molar-refractivity contribution in [2.75, 3.05) is 0 Å². The van der Waals surface area contributed by atoms with Crippen LogP contribution < -0.4 is 0 Å². The van der Waals surface area contributed by atoms with Crippen molar-refractivity contribution < 1.29 is 22.2 Å². The molecule has 0 amide bonds. The average molecular weight is 316 g/mol. The molecule has 0 radical (unpaired) electrons. The molecule has 3 rings (SSSR count). The zero-order valence-electron chi connectivity index (χ0n) is 11.3. The number of benzene rings is 1. The lowest BCUT2D eigenvalue weighted by Gasteiger charge is -2.37. The molecule has 0 aromatic heterocycles. The van der Waals surface area contributed by atoms with E-state index in [2.05, 4.69) is 0 Å². The fourth-order valence-electron chi connectivity index (χ4n) is 3.38. The van der Waals surface area contributed by atoms with Gasteiger partial charge in [-0.25, -0.2) is 13.2 Å². The first-order valence-corrected chi connectivity index (χ1v) is 8.33. The molecule has 2 aliphatic heterocycles. The fraction of sp³-hybridized carbons (Fsp3) is 0.533. The number of hydrogen-bond donors (Lipinski definition) is 0. The molecule has 0 saturated carbocycles. The minimum absolute atomic E-state index is 0.00147. The Kier molecular flexibility index (Phi) is 3.90. The van der Waals surface area contributed by atoms with E-state index >= 15 is 0 Å². The maximum absolute atomic E-state index is 13.2. The van der Waals surface area contributed by atoms with Gasteiger partial charge in [0.2, 0.25) is 0 Å². The number of carbonyl (C=O) groups excluding carboxylic acids is 1. The van der Waals surface area contributed by atoms with Crippen LogP contribution in [0.3, 0.4) is 0 Å². The molecule has 2 unspecified atom stereocenters. The summed E-state index contributed by atoms with van der Waals surface area (Å²) >= 11 is 0. The molecule has 2 bridgehead atoms. The van der Waals surface area contributed by atoms with Crippen LogP contribution in [0, 0.1) is 23.4 Å². The van der Waals surface area contributed by atoms with Gasteiger partial charge in [-0.1, -0.05) is 6.42 Å². The number of rotatable bonds is 2. The predicted molar refractivity (Wildman–Crippen MR) is 72.9 cm³/mol. The van der Waals surface area contributed by atoms with E-state index < -0.39 is 28.3 Å². The third kappa shape index (κ3) is 2.65. The second-order valence-electron chi connectivity index (χ2n) is 5.79. The van der Waals surface area contributed by atoms with Gasteiger partial charge >= 0.3 is 0 Å². The molecule has 2 nitrogen and oxygen atoms in total. The summed E-state index contributed by atoms with van der Waals surface area (Å²) in [5.41, 5.74) is -0.137. The maximum Gasteiger partial charge on any atom is 0.194 e. The number of hydrogen-bond acceptors (Lipinski definition) is 2. The molecule has 2 fully saturated rings. The van der Waals surface area contributed by atoms with Crippen molar-refractivity contribution in [1.29, 1.82) is 0 Å². The van der Waals surface area contributed by atoms with E-state index in [4.69, 9.17) is 0 Å². The third-order valence-electron chi connectivity index (χ3n) is 4.44. The van der Waals surface area contributed by atoms with E-state index in [-0.39, 0.29) is 27.8 Å². The number of fused-ring (bicyclic) bond motifs is 2. The summed E-state index contributed by atoms with van der Waals surface area (Å²) in [5, 5.41) is 0.00295. The Morgan fingerprint density at radius 1 is 1.05 bits per heavy atom. The van der Waals surface area contributed by atoms with Gasteiger partial charge in [0.05, 0.1) is 0 Å². The SMILES string of the molecule is O=C(c1cc(F)c(F)c(F)c1)C1CC2CCCC(C1)S2=O. The lowest BCUT2D eigenvalue weighted by Crippen LogP contribution is -2.41. The van der Waals surface area contributed by atoms with E-state index in [1.807, 2.05) is 0 Å². The van der Waals surface area contributed by atoms with E-state index in [9.17, 15) is 22.2 Å². The smallest absolute Gasteiger partial charge is 0.194 e. The monoisotopic (exact) mass is 316 g/mol. The molecule has 2 atom stereocenters. The van der Waals surface area contributed by atoms with Gasteiger partial charge in [0.15, 0.2) is 23.2 Å². The van der Waals surface area contributed by atoms with Crippen molar-refractivity contribution in [3.8, 4) is 0 Å². The molecule has 0 aliphatic carbocycles. The van der Waals surface area contributed by atoms with Gasteiger partial charge in [-0.15, -0.1) is 0 Å². The molecule has 2 saturated heterocycles. The summed E-state index contributed by atoms with van der Waals surface area (Å²) in [4.78, 5) is 12.4. The van der Waals surface area contributed by atoms with Crippen molar-refractivity contribution in [1.82, 2.24) is 0 Å². The molecule has 0 N–H and O–H groups in total. The Morgan fingerprint density at radius 3 is 2.10 bits per heavy atom. The van der Waals surface area contributed by atoms with Crippen molar-refractivity contribution in [2.45, 2.75) is 42.6 Å². The third-order valence-corrected chi connectivity index (χ3v) is 6.61. The Bertz CT molecular complexity index is 578. The Morgan fingerprint density at radius 2 is 1.57 bits per heavy atom. The Hall–Kier alpha value is -1.17. The van der Waals surface area contributed by atoms with Gasteiger partial charge in [0.25, 0.3) is 0 Å². The van der Waals surface area contributed by atoms with Crippen LogP contribution in [0.25, 0.3) is 0 Å². The van der Waals surface area contributed by atoms with Crippen molar-refractivity contribution in [2.24, 2.45) is 5.92 Å². The molecule has 6 heteroatoms. The zero-order valence-corrected chi connectivity index (χ0v) is 12.1. The van der Waals surface area contributed by atoms with Crippen LogP contribution in [0.15, 0.2) is 12.1 Å². The Balaban J connectivity index is 1.84. The van der Waals surface area contributed by atoms with Crippen molar-refractivity contribution in [3.05, 3.63) is 35.1 Å². The molecule has 21 heavy (non-hydrogen) atoms. The number of halogens is 3. The van der Waals surface area contributed by atoms with Gasteiger partial charge in [0.1, 0.15) is 0 Å². The largest absolute Gasteiger partial charge is 0.294 e. The number of carbonyl (C=O) groups is 1. The van der Waals surface area contributed by atoms with Gasteiger partial charge in [-0.05, 0) is 37.8 Å². The first-order valence-electron chi connectivity index (χ1n) is 7.05. The highest BCUT2D eigenvalue weighted by molar-refractivity contribution is 7.86. The van der Waals surface area contributed by atoms with Crippen LogP contribution >= 0.6 is 0 Å². The second-order valence-corrected chi connectivity index (χ2v) is 7.78. The summed E-state index contributed by atoms with van der Waals surface area (Å²) in [6.45, 7) is 0. The normalized spacial score (nSPS) is 32.0. The van der Waals surface area contributed by atoms with E-state index in [1.165, 1.54) is 0 Å². The molecule has 1 aromatic rings. The minimum Gasteiger partial charge on any atom is -0.294 e. The lowest BCUT2D eigenvalue weighted by atomic mass is 9.84. The van der Waals surface area contributed by atoms with E-state index in [1.54, 1.807) is 0 Å². The van der Waals surface area contributed by atoms with Crippen LogP contribution in [-0.4, -0.2) is 20.5 Å². The lowest BCUT2D eigenvalue weighted by molar-refractivity contribution is 0.0894. The highest BCUT2D eigenvalue weighted by Gasteiger charge is 2.40. The summed E-state index contributed by atoms with van der Waals surface area (Å²) < 4.78 is 51.5. The maximum atomic E-state index is 13.2. The molecular formula is C15H15F3O2S. The second kappa shape index (κ2) is 5.55. The highest BCUT2D eigenvalue weighted by Crippen LogP contribution is 2.38. The standard InChI is InChI=1S/C15H15F3O2S/c16-12-6-9(7-13(17)14(12)18)15(19)8-4-10-2-1-3-11(5-8)21(10)20/h6-8,10-11H,1-5H2. The van der Waals surface area contributed by atoms with Gasteiger partial charge in [-0.3, -0.25) is 9.00 Å². The van der Waals surface area contributed by atoms with Crippen LogP contribution in [0.4, 0.5) is 13.2 Å². The topological polar surface area (TPSA) is 34.1 Å². The van der Waals surface area contributed by atoms with Crippen molar-refractivity contribution in [3.63, 3.8) is 0 Å². The Labute approximate surface area is 123 Å². The summed E-state index contributed by atoms with van der Waals surface area (Å²) in [7, 11) is -0.902.